The van der Waals surface area contributed by atoms with Crippen molar-refractivity contribution in [3.8, 4) is 5.75 Å². The summed E-state index contributed by atoms with van der Waals surface area (Å²) < 4.78 is 5.57. The predicted molar refractivity (Wildman–Crippen MR) is 72.5 cm³/mol. The number of anilines is 1. The molecule has 1 unspecified atom stereocenters. The molecule has 0 saturated heterocycles. The summed E-state index contributed by atoms with van der Waals surface area (Å²) in [5.41, 5.74) is 12.5. The molecule has 0 fully saturated rings. The van der Waals surface area contributed by atoms with Crippen molar-refractivity contribution >= 4 is 17.4 Å². The van der Waals surface area contributed by atoms with Crippen LogP contribution in [0.4, 0.5) is 5.82 Å². The number of nitrogens with zero attached hydrogens (tertiary/aromatic N) is 1. The van der Waals surface area contributed by atoms with Gasteiger partial charge in [-0.25, -0.2) is 4.98 Å². The molecule has 4 N–H and O–H groups in total. The number of pyridine rings is 1. The summed E-state index contributed by atoms with van der Waals surface area (Å²) >= 11 is 5.86. The second kappa shape index (κ2) is 5.71. The summed E-state index contributed by atoms with van der Waals surface area (Å²) in [4.78, 5) is 3.97. The first-order valence-corrected chi connectivity index (χ1v) is 5.89. The van der Waals surface area contributed by atoms with Crippen LogP contribution >= 0.6 is 11.6 Å². The second-order valence-corrected chi connectivity index (χ2v) is 4.29. The number of nitrogen functional groups attached to an aromatic ring is 1. The topological polar surface area (TPSA) is 74.2 Å². The fourth-order valence-corrected chi connectivity index (χ4v) is 1.72. The molecule has 0 radical (unpaired) electrons. The van der Waals surface area contributed by atoms with Crippen LogP contribution in [-0.4, -0.2) is 11.6 Å². The number of aromatic nitrogens is 1. The zero-order valence-corrected chi connectivity index (χ0v) is 10.5. The van der Waals surface area contributed by atoms with E-state index in [9.17, 15) is 0 Å². The van der Waals surface area contributed by atoms with Crippen LogP contribution in [0.2, 0.25) is 5.02 Å². The highest BCUT2D eigenvalue weighted by Crippen LogP contribution is 2.21. The summed E-state index contributed by atoms with van der Waals surface area (Å²) in [7, 11) is 0. The molecule has 2 aromatic rings. The zero-order chi connectivity index (χ0) is 13.0. The van der Waals surface area contributed by atoms with Crippen molar-refractivity contribution in [1.29, 1.82) is 0 Å². The molecule has 2 rings (SSSR count). The highest BCUT2D eigenvalue weighted by Gasteiger charge is 2.12. The van der Waals surface area contributed by atoms with E-state index in [0.29, 0.717) is 23.0 Å². The molecular weight excluding hydrogens is 250 g/mol. The van der Waals surface area contributed by atoms with Gasteiger partial charge < -0.3 is 16.2 Å². The molecule has 1 aromatic carbocycles. The standard InChI is InChI=1S/C13H14ClN3O/c14-9-6-11(13(16)17-7-9)12(15)8-18-10-4-2-1-3-5-10/h1-7,12H,8,15H2,(H2,16,17). The summed E-state index contributed by atoms with van der Waals surface area (Å²) in [5, 5.41) is 0.509. The second-order valence-electron chi connectivity index (χ2n) is 3.86. The number of benzene rings is 1. The molecule has 4 nitrogen and oxygen atoms in total. The van der Waals surface area contributed by atoms with Gasteiger partial charge >= 0.3 is 0 Å². The molecule has 0 aliphatic rings. The Labute approximate surface area is 111 Å². The van der Waals surface area contributed by atoms with Gasteiger partial charge in [0.1, 0.15) is 18.2 Å². The number of nitrogens with two attached hydrogens (primary N) is 2. The quantitative estimate of drug-likeness (QED) is 0.888. The minimum absolute atomic E-state index is 0.316. The van der Waals surface area contributed by atoms with Gasteiger partial charge in [-0.3, -0.25) is 0 Å². The molecule has 1 atom stereocenters. The summed E-state index contributed by atoms with van der Waals surface area (Å²) in [6, 6.07) is 10.8. The predicted octanol–water partition coefficient (Wildman–Crippen LogP) is 2.40. The Balaban J connectivity index is 2.03. The zero-order valence-electron chi connectivity index (χ0n) is 9.71. The van der Waals surface area contributed by atoms with Crippen molar-refractivity contribution in [3.05, 3.63) is 53.2 Å². The highest BCUT2D eigenvalue weighted by molar-refractivity contribution is 6.30. The number of hydrogen-bond acceptors (Lipinski definition) is 4. The Morgan fingerprint density at radius 3 is 2.72 bits per heavy atom. The largest absolute Gasteiger partial charge is 0.492 e. The van der Waals surface area contributed by atoms with E-state index < -0.39 is 0 Å². The number of hydrogen-bond donors (Lipinski definition) is 2. The van der Waals surface area contributed by atoms with E-state index >= 15 is 0 Å². The average Bonchev–Trinajstić information content (AvgIpc) is 2.40. The van der Waals surface area contributed by atoms with Crippen LogP contribution in [0.1, 0.15) is 11.6 Å². The molecule has 0 aliphatic carbocycles. The summed E-state index contributed by atoms with van der Waals surface area (Å²) in [5.74, 6) is 1.14. The Bertz CT molecular complexity index is 519. The summed E-state index contributed by atoms with van der Waals surface area (Å²) in [6.07, 6.45) is 1.49. The van der Waals surface area contributed by atoms with E-state index in [1.54, 1.807) is 6.07 Å². The van der Waals surface area contributed by atoms with Crippen molar-refractivity contribution in [2.45, 2.75) is 6.04 Å². The molecule has 0 aliphatic heterocycles. The van der Waals surface area contributed by atoms with E-state index in [1.807, 2.05) is 30.3 Å². The fourth-order valence-electron chi connectivity index (χ4n) is 1.55. The van der Waals surface area contributed by atoms with Crippen LogP contribution < -0.4 is 16.2 Å². The van der Waals surface area contributed by atoms with Crippen LogP contribution in [0.15, 0.2) is 42.6 Å². The Hall–Kier alpha value is -1.78. The number of rotatable bonds is 4. The molecular formula is C13H14ClN3O. The third-order valence-corrected chi connectivity index (χ3v) is 2.70. The lowest BCUT2D eigenvalue weighted by molar-refractivity contribution is 0.291. The van der Waals surface area contributed by atoms with E-state index in [0.717, 1.165) is 5.75 Å². The van der Waals surface area contributed by atoms with Gasteiger partial charge in [0.25, 0.3) is 0 Å². The van der Waals surface area contributed by atoms with E-state index in [2.05, 4.69) is 4.98 Å². The molecule has 0 bridgehead atoms. The SMILES string of the molecule is Nc1ncc(Cl)cc1C(N)COc1ccccc1. The Morgan fingerprint density at radius 1 is 1.28 bits per heavy atom. The van der Waals surface area contributed by atoms with Gasteiger partial charge in [-0.1, -0.05) is 29.8 Å². The van der Waals surface area contributed by atoms with Gasteiger partial charge in [0.15, 0.2) is 0 Å². The van der Waals surface area contributed by atoms with Crippen LogP contribution in [0, 0.1) is 0 Å². The maximum atomic E-state index is 6.01. The monoisotopic (exact) mass is 263 g/mol. The van der Waals surface area contributed by atoms with Crippen LogP contribution in [-0.2, 0) is 0 Å². The van der Waals surface area contributed by atoms with Crippen LogP contribution in [0.25, 0.3) is 0 Å². The number of para-hydroxylation sites is 1. The van der Waals surface area contributed by atoms with E-state index in [1.165, 1.54) is 6.20 Å². The fraction of sp³-hybridized carbons (Fsp3) is 0.154. The molecule has 18 heavy (non-hydrogen) atoms. The minimum atomic E-state index is -0.364. The lowest BCUT2D eigenvalue weighted by Gasteiger charge is -2.15. The average molecular weight is 264 g/mol. The van der Waals surface area contributed by atoms with Crippen molar-refractivity contribution in [2.24, 2.45) is 5.73 Å². The van der Waals surface area contributed by atoms with Gasteiger partial charge in [0.2, 0.25) is 0 Å². The number of ether oxygens (including phenoxy) is 1. The van der Waals surface area contributed by atoms with Gasteiger partial charge in [-0.05, 0) is 18.2 Å². The molecule has 94 valence electrons. The maximum Gasteiger partial charge on any atom is 0.128 e. The smallest absolute Gasteiger partial charge is 0.128 e. The number of halogens is 1. The Morgan fingerprint density at radius 2 is 2.00 bits per heavy atom. The third-order valence-electron chi connectivity index (χ3n) is 2.49. The molecule has 0 amide bonds. The molecule has 1 heterocycles. The van der Waals surface area contributed by atoms with Crippen molar-refractivity contribution in [1.82, 2.24) is 4.98 Å². The molecule has 1 aromatic heterocycles. The normalized spacial score (nSPS) is 12.1. The molecule has 0 saturated carbocycles. The lowest BCUT2D eigenvalue weighted by Crippen LogP contribution is -2.20. The van der Waals surface area contributed by atoms with E-state index in [4.69, 9.17) is 27.8 Å². The van der Waals surface area contributed by atoms with Gasteiger partial charge in [-0.15, -0.1) is 0 Å². The molecule has 0 spiro atoms. The highest BCUT2D eigenvalue weighted by atomic mass is 35.5. The van der Waals surface area contributed by atoms with Crippen LogP contribution in [0.3, 0.4) is 0 Å². The van der Waals surface area contributed by atoms with E-state index in [-0.39, 0.29) is 6.04 Å². The Kier molecular flexibility index (Phi) is 4.02. The summed E-state index contributed by atoms with van der Waals surface area (Å²) in [6.45, 7) is 0.316. The third kappa shape index (κ3) is 3.12. The maximum absolute atomic E-state index is 6.01. The van der Waals surface area contributed by atoms with Gasteiger partial charge in [-0.2, -0.15) is 0 Å². The first-order chi connectivity index (χ1) is 8.66. The van der Waals surface area contributed by atoms with Gasteiger partial charge in [0.05, 0.1) is 11.1 Å². The first kappa shape index (κ1) is 12.7. The minimum Gasteiger partial charge on any atom is -0.492 e. The first-order valence-electron chi connectivity index (χ1n) is 5.51. The van der Waals surface area contributed by atoms with Crippen molar-refractivity contribution in [2.75, 3.05) is 12.3 Å². The van der Waals surface area contributed by atoms with Gasteiger partial charge in [0, 0.05) is 11.8 Å². The van der Waals surface area contributed by atoms with Crippen molar-refractivity contribution in [3.63, 3.8) is 0 Å². The van der Waals surface area contributed by atoms with Crippen molar-refractivity contribution < 1.29 is 4.74 Å². The lowest BCUT2D eigenvalue weighted by atomic mass is 10.1. The van der Waals surface area contributed by atoms with Crippen LogP contribution in [0.5, 0.6) is 5.75 Å². The molecule has 5 heteroatoms.